The Morgan fingerprint density at radius 1 is 1.03 bits per heavy atom. The van der Waals surface area contributed by atoms with E-state index in [0.717, 1.165) is 16.5 Å². The van der Waals surface area contributed by atoms with E-state index in [0.29, 0.717) is 49.6 Å². The molecule has 1 unspecified atom stereocenters. The van der Waals surface area contributed by atoms with Crippen molar-refractivity contribution in [2.45, 2.75) is 25.8 Å². The second kappa shape index (κ2) is 11.0. The predicted octanol–water partition coefficient (Wildman–Crippen LogP) is 3.59. The van der Waals surface area contributed by atoms with Crippen LogP contribution in [0.4, 0.5) is 4.39 Å². The number of amides is 2. The first kappa shape index (κ1) is 25.4. The predicted molar refractivity (Wildman–Crippen MR) is 142 cm³/mol. The van der Waals surface area contributed by atoms with Gasteiger partial charge in [-0.25, -0.2) is 9.37 Å². The van der Waals surface area contributed by atoms with Gasteiger partial charge in [0.2, 0.25) is 11.8 Å². The summed E-state index contributed by atoms with van der Waals surface area (Å²) < 4.78 is 20.8. The Labute approximate surface area is 220 Å². The number of piperazine rings is 1. The molecule has 1 aliphatic rings. The lowest BCUT2D eigenvalue weighted by atomic mass is 10.0. The molecule has 1 aliphatic heterocycles. The number of carbonyl (C=O) groups is 2. The molecule has 38 heavy (non-hydrogen) atoms. The van der Waals surface area contributed by atoms with Crippen molar-refractivity contribution in [1.29, 1.82) is 0 Å². The van der Waals surface area contributed by atoms with E-state index in [-0.39, 0.29) is 24.0 Å². The summed E-state index contributed by atoms with van der Waals surface area (Å²) in [5.41, 5.74) is 9.41. The highest BCUT2D eigenvalue weighted by Gasteiger charge is 2.27. The molecule has 2 amide bonds. The smallest absolute Gasteiger partial charge is 0.239 e. The number of pyridine rings is 1. The van der Waals surface area contributed by atoms with Crippen LogP contribution in [-0.4, -0.2) is 63.8 Å². The van der Waals surface area contributed by atoms with Crippen LogP contribution in [0.25, 0.3) is 11.0 Å². The average Bonchev–Trinajstić information content (AvgIpc) is 3.32. The van der Waals surface area contributed by atoms with Gasteiger partial charge in [-0.05, 0) is 48.2 Å². The third kappa shape index (κ3) is 5.52. The Bertz CT molecular complexity index is 1450. The minimum absolute atomic E-state index is 0.0459. The van der Waals surface area contributed by atoms with Gasteiger partial charge in [-0.3, -0.25) is 9.59 Å². The molecular weight excluding hydrogens is 485 g/mol. The molecule has 3 N–H and O–H groups in total. The Morgan fingerprint density at radius 2 is 1.76 bits per heavy atom. The van der Waals surface area contributed by atoms with Gasteiger partial charge in [0.1, 0.15) is 11.4 Å². The van der Waals surface area contributed by atoms with Crippen LogP contribution in [-0.2, 0) is 22.4 Å². The number of aromatic amines is 1. The fourth-order valence-corrected chi connectivity index (χ4v) is 4.78. The number of rotatable bonds is 7. The molecule has 1 atom stereocenters. The van der Waals surface area contributed by atoms with Gasteiger partial charge in [0.25, 0.3) is 0 Å². The lowest BCUT2D eigenvalue weighted by Crippen LogP contribution is -2.55. The van der Waals surface area contributed by atoms with Gasteiger partial charge < -0.3 is 25.3 Å². The maximum atomic E-state index is 14.9. The first-order valence-corrected chi connectivity index (χ1v) is 12.6. The van der Waals surface area contributed by atoms with E-state index >= 15 is 0 Å². The molecule has 1 fully saturated rings. The molecule has 0 saturated carbocycles. The summed E-state index contributed by atoms with van der Waals surface area (Å²) in [6, 6.07) is 15.1. The molecule has 9 heteroatoms. The Morgan fingerprint density at radius 3 is 2.50 bits per heavy atom. The van der Waals surface area contributed by atoms with Crippen molar-refractivity contribution in [3.63, 3.8) is 0 Å². The fourth-order valence-electron chi connectivity index (χ4n) is 4.78. The van der Waals surface area contributed by atoms with Crippen molar-refractivity contribution in [2.24, 2.45) is 5.73 Å². The summed E-state index contributed by atoms with van der Waals surface area (Å²) in [4.78, 5) is 36.4. The lowest BCUT2D eigenvalue weighted by Gasteiger charge is -2.36. The van der Waals surface area contributed by atoms with Crippen LogP contribution >= 0.6 is 0 Å². The first-order valence-electron chi connectivity index (χ1n) is 12.6. The number of ether oxygens (including phenoxy) is 1. The van der Waals surface area contributed by atoms with Crippen molar-refractivity contribution in [3.05, 3.63) is 89.5 Å². The van der Waals surface area contributed by atoms with Crippen molar-refractivity contribution in [2.75, 3.05) is 26.2 Å². The van der Waals surface area contributed by atoms with E-state index in [9.17, 15) is 14.0 Å². The van der Waals surface area contributed by atoms with Gasteiger partial charge >= 0.3 is 0 Å². The first-order chi connectivity index (χ1) is 18.4. The van der Waals surface area contributed by atoms with Gasteiger partial charge in [0.05, 0.1) is 17.8 Å². The zero-order valence-electron chi connectivity index (χ0n) is 21.2. The number of carbonyl (C=O) groups excluding carboxylic acids is 2. The van der Waals surface area contributed by atoms with Gasteiger partial charge in [0.15, 0.2) is 11.6 Å². The summed E-state index contributed by atoms with van der Waals surface area (Å²) in [6.07, 6.45) is 3.96. The SMILES string of the molecule is Cc1c[nH]c2nccc(Oc3ccc(CC(N)C(=O)N4CCN(C(=O)Cc5ccccc5)CC4)cc3F)c12. The zero-order valence-corrected chi connectivity index (χ0v) is 21.2. The molecule has 5 rings (SSSR count). The van der Waals surface area contributed by atoms with E-state index in [2.05, 4.69) is 9.97 Å². The van der Waals surface area contributed by atoms with Crippen LogP contribution in [0, 0.1) is 12.7 Å². The Kier molecular flexibility index (Phi) is 7.37. The van der Waals surface area contributed by atoms with Crippen LogP contribution in [0.15, 0.2) is 67.0 Å². The Hall–Kier alpha value is -4.24. The molecule has 0 aliphatic carbocycles. The number of hydrogen-bond acceptors (Lipinski definition) is 5. The maximum absolute atomic E-state index is 14.9. The van der Waals surface area contributed by atoms with Crippen molar-refractivity contribution >= 4 is 22.8 Å². The molecule has 0 spiro atoms. The average molecular weight is 516 g/mol. The molecule has 3 heterocycles. The highest BCUT2D eigenvalue weighted by atomic mass is 19.1. The van der Waals surface area contributed by atoms with Crippen molar-refractivity contribution in [1.82, 2.24) is 19.8 Å². The number of nitrogens with two attached hydrogens (primary N) is 1. The maximum Gasteiger partial charge on any atom is 0.239 e. The largest absolute Gasteiger partial charge is 0.453 e. The molecule has 0 bridgehead atoms. The lowest BCUT2D eigenvalue weighted by molar-refractivity contribution is -0.140. The molecule has 0 radical (unpaired) electrons. The number of hydrogen-bond donors (Lipinski definition) is 2. The third-order valence-electron chi connectivity index (χ3n) is 6.86. The molecule has 2 aromatic carbocycles. The minimum atomic E-state index is -0.810. The number of nitrogens with one attached hydrogen (secondary N) is 1. The van der Waals surface area contributed by atoms with Gasteiger partial charge in [-0.1, -0.05) is 36.4 Å². The molecular formula is C29H30FN5O3. The molecule has 1 saturated heterocycles. The van der Waals surface area contributed by atoms with Crippen LogP contribution < -0.4 is 10.5 Å². The van der Waals surface area contributed by atoms with Gasteiger partial charge in [-0.15, -0.1) is 0 Å². The second-order valence-corrected chi connectivity index (χ2v) is 9.55. The zero-order chi connectivity index (χ0) is 26.6. The van der Waals surface area contributed by atoms with Crippen LogP contribution in [0.5, 0.6) is 11.5 Å². The fraction of sp³-hybridized carbons (Fsp3) is 0.276. The van der Waals surface area contributed by atoms with Crippen molar-refractivity contribution < 1.29 is 18.7 Å². The van der Waals surface area contributed by atoms with Gasteiger partial charge in [0, 0.05) is 38.6 Å². The van der Waals surface area contributed by atoms with Crippen molar-refractivity contribution in [3.8, 4) is 11.5 Å². The van der Waals surface area contributed by atoms with E-state index < -0.39 is 11.9 Å². The van der Waals surface area contributed by atoms with E-state index in [1.54, 1.807) is 34.2 Å². The number of nitrogens with zero attached hydrogens (tertiary/aromatic N) is 3. The normalized spacial score (nSPS) is 14.5. The Balaban J connectivity index is 1.16. The standard InChI is InChI=1S/C29H30FN5O3/c1-19-18-33-28-27(19)25(9-10-32-28)38-24-8-7-21(15-22(24)30)16-23(31)29(37)35-13-11-34(12-14-35)26(36)17-20-5-3-2-4-6-20/h2-10,15,18,23H,11-14,16-17,31H2,1H3,(H,32,33). The number of halogens is 1. The summed E-state index contributed by atoms with van der Waals surface area (Å²) in [5, 5.41) is 0.797. The van der Waals surface area contributed by atoms with E-state index in [1.165, 1.54) is 6.07 Å². The number of aryl methyl sites for hydroxylation is 1. The summed E-state index contributed by atoms with van der Waals surface area (Å²) >= 11 is 0. The van der Waals surface area contributed by atoms with E-state index in [4.69, 9.17) is 10.5 Å². The third-order valence-corrected chi connectivity index (χ3v) is 6.86. The number of fused-ring (bicyclic) bond motifs is 1. The quantitative estimate of drug-likeness (QED) is 0.392. The molecule has 2 aromatic heterocycles. The molecule has 196 valence electrons. The summed E-state index contributed by atoms with van der Waals surface area (Å²) in [7, 11) is 0. The second-order valence-electron chi connectivity index (χ2n) is 9.55. The highest BCUT2D eigenvalue weighted by molar-refractivity contribution is 5.86. The topological polar surface area (TPSA) is 105 Å². The highest BCUT2D eigenvalue weighted by Crippen LogP contribution is 2.32. The minimum Gasteiger partial charge on any atom is -0.453 e. The molecule has 4 aromatic rings. The number of aromatic nitrogens is 2. The molecule has 8 nitrogen and oxygen atoms in total. The number of H-pyrrole nitrogens is 1. The van der Waals surface area contributed by atoms with Crippen LogP contribution in [0.3, 0.4) is 0 Å². The van der Waals surface area contributed by atoms with E-state index in [1.807, 2.05) is 43.5 Å². The van der Waals surface area contributed by atoms with Crippen LogP contribution in [0.1, 0.15) is 16.7 Å². The van der Waals surface area contributed by atoms with Crippen LogP contribution in [0.2, 0.25) is 0 Å². The number of benzene rings is 2. The summed E-state index contributed by atoms with van der Waals surface area (Å²) in [5.74, 6) is -0.106. The van der Waals surface area contributed by atoms with Gasteiger partial charge in [-0.2, -0.15) is 0 Å². The monoisotopic (exact) mass is 515 g/mol. The summed E-state index contributed by atoms with van der Waals surface area (Å²) in [6.45, 7) is 3.70.